The predicted molar refractivity (Wildman–Crippen MR) is 75.1 cm³/mol. The highest BCUT2D eigenvalue weighted by Gasteiger charge is 2.19. The van der Waals surface area contributed by atoms with E-state index in [1.807, 2.05) is 13.8 Å². The molecule has 4 nitrogen and oxygen atoms in total. The maximum atomic E-state index is 11.7. The van der Waals surface area contributed by atoms with E-state index in [2.05, 4.69) is 5.32 Å². The Balaban J connectivity index is 2.46. The molecule has 0 heterocycles. The van der Waals surface area contributed by atoms with E-state index in [1.54, 1.807) is 31.4 Å². The van der Waals surface area contributed by atoms with E-state index >= 15 is 0 Å². The Labute approximate surface area is 118 Å². The molecule has 106 valence electrons. The molecular weight excluding hydrogens is 266 g/mol. The lowest BCUT2D eigenvalue weighted by molar-refractivity contribution is -0.124. The molecule has 1 aromatic rings. The molecule has 0 bridgehead atoms. The van der Waals surface area contributed by atoms with Gasteiger partial charge in [0.15, 0.2) is 0 Å². The van der Waals surface area contributed by atoms with Gasteiger partial charge < -0.3 is 15.2 Å². The molecule has 1 aromatic carbocycles. The lowest BCUT2D eigenvalue weighted by atomic mass is 10.1. The number of rotatable bonds is 6. The number of aliphatic hydroxyl groups is 1. The molecule has 1 amide bonds. The van der Waals surface area contributed by atoms with E-state index in [4.69, 9.17) is 16.3 Å². The van der Waals surface area contributed by atoms with Crippen molar-refractivity contribution in [2.24, 2.45) is 0 Å². The van der Waals surface area contributed by atoms with Crippen molar-refractivity contribution < 1.29 is 14.6 Å². The Bertz CT molecular complexity index is 417. The van der Waals surface area contributed by atoms with Crippen LogP contribution in [0.25, 0.3) is 0 Å². The van der Waals surface area contributed by atoms with E-state index in [1.165, 1.54) is 0 Å². The monoisotopic (exact) mass is 285 g/mol. The number of methoxy groups -OCH3 is 1. The summed E-state index contributed by atoms with van der Waals surface area (Å²) in [6, 6.07) is 6.79. The third-order valence-electron chi connectivity index (χ3n) is 2.90. The van der Waals surface area contributed by atoms with Gasteiger partial charge in [0.1, 0.15) is 0 Å². The highest BCUT2D eigenvalue weighted by Crippen LogP contribution is 2.19. The van der Waals surface area contributed by atoms with E-state index in [9.17, 15) is 9.90 Å². The van der Waals surface area contributed by atoms with Gasteiger partial charge in [0.2, 0.25) is 5.91 Å². The van der Waals surface area contributed by atoms with Crippen molar-refractivity contribution in [3.63, 3.8) is 0 Å². The van der Waals surface area contributed by atoms with E-state index < -0.39 is 11.7 Å². The lowest BCUT2D eigenvalue weighted by Gasteiger charge is -2.23. The van der Waals surface area contributed by atoms with Gasteiger partial charge >= 0.3 is 0 Å². The smallest absolute Gasteiger partial charge is 0.223 e. The van der Waals surface area contributed by atoms with Gasteiger partial charge in [0, 0.05) is 18.7 Å². The van der Waals surface area contributed by atoms with Gasteiger partial charge in [-0.2, -0.15) is 0 Å². The van der Waals surface area contributed by atoms with Crippen molar-refractivity contribution in [1.82, 2.24) is 5.32 Å². The van der Waals surface area contributed by atoms with Crippen molar-refractivity contribution in [1.29, 1.82) is 0 Å². The van der Waals surface area contributed by atoms with Crippen LogP contribution in [0.15, 0.2) is 24.3 Å². The van der Waals surface area contributed by atoms with Crippen LogP contribution in [-0.4, -0.2) is 30.3 Å². The average Bonchev–Trinajstić information content (AvgIpc) is 2.37. The molecule has 0 aliphatic carbocycles. The summed E-state index contributed by atoms with van der Waals surface area (Å²) in [6.45, 7) is 4.15. The Kier molecular flexibility index (Phi) is 5.79. The molecule has 0 aliphatic rings. The van der Waals surface area contributed by atoms with Crippen LogP contribution in [-0.2, 0) is 9.53 Å². The van der Waals surface area contributed by atoms with Gasteiger partial charge in [-0.15, -0.1) is 0 Å². The SMILES string of the molecule is COC(C)(C)CNC(=O)CC(O)c1ccc(Cl)cc1. The van der Waals surface area contributed by atoms with Crippen LogP contribution in [0.1, 0.15) is 31.9 Å². The zero-order valence-electron chi connectivity index (χ0n) is 11.4. The molecule has 0 aliphatic heterocycles. The molecule has 5 heteroatoms. The highest BCUT2D eigenvalue weighted by molar-refractivity contribution is 6.30. The highest BCUT2D eigenvalue weighted by atomic mass is 35.5. The van der Waals surface area contributed by atoms with Crippen LogP contribution in [0.4, 0.5) is 0 Å². The maximum Gasteiger partial charge on any atom is 0.223 e. The number of hydrogen-bond donors (Lipinski definition) is 2. The number of aliphatic hydroxyl groups excluding tert-OH is 1. The summed E-state index contributed by atoms with van der Waals surface area (Å²) < 4.78 is 5.20. The average molecular weight is 286 g/mol. The summed E-state index contributed by atoms with van der Waals surface area (Å²) in [5.74, 6) is -0.215. The number of amides is 1. The van der Waals surface area contributed by atoms with Crippen molar-refractivity contribution in [3.05, 3.63) is 34.9 Å². The normalized spacial score (nSPS) is 13.1. The molecule has 0 saturated heterocycles. The third-order valence-corrected chi connectivity index (χ3v) is 3.15. The summed E-state index contributed by atoms with van der Waals surface area (Å²) in [4.78, 5) is 11.7. The van der Waals surface area contributed by atoms with Crippen molar-refractivity contribution in [2.45, 2.75) is 32.0 Å². The van der Waals surface area contributed by atoms with Gasteiger partial charge in [0.25, 0.3) is 0 Å². The van der Waals surface area contributed by atoms with Crippen LogP contribution in [0.5, 0.6) is 0 Å². The summed E-state index contributed by atoms with van der Waals surface area (Å²) in [5, 5.41) is 13.3. The summed E-state index contributed by atoms with van der Waals surface area (Å²) in [6.07, 6.45) is -0.815. The molecule has 0 saturated carbocycles. The minimum atomic E-state index is -0.831. The van der Waals surface area contributed by atoms with Gasteiger partial charge in [-0.3, -0.25) is 4.79 Å². The predicted octanol–water partition coefficient (Wildman–Crippen LogP) is 2.30. The number of benzene rings is 1. The Hall–Kier alpha value is -1.10. The molecule has 0 radical (unpaired) electrons. The summed E-state index contributed by atoms with van der Waals surface area (Å²) in [5.41, 5.74) is 0.256. The fraction of sp³-hybridized carbons (Fsp3) is 0.500. The fourth-order valence-electron chi connectivity index (χ4n) is 1.43. The Morgan fingerprint density at radius 2 is 2.00 bits per heavy atom. The summed E-state index contributed by atoms with van der Waals surface area (Å²) >= 11 is 5.76. The van der Waals surface area contributed by atoms with Gasteiger partial charge in [-0.05, 0) is 31.5 Å². The van der Waals surface area contributed by atoms with E-state index in [0.29, 0.717) is 17.1 Å². The first kappa shape index (κ1) is 16.0. The first-order valence-electron chi connectivity index (χ1n) is 6.09. The van der Waals surface area contributed by atoms with Gasteiger partial charge in [0.05, 0.1) is 18.1 Å². The Morgan fingerprint density at radius 3 is 2.53 bits per heavy atom. The van der Waals surface area contributed by atoms with Crippen molar-refractivity contribution in [3.8, 4) is 0 Å². The first-order chi connectivity index (χ1) is 8.84. The van der Waals surface area contributed by atoms with Crippen LogP contribution in [0, 0.1) is 0 Å². The minimum Gasteiger partial charge on any atom is -0.388 e. The van der Waals surface area contributed by atoms with Crippen LogP contribution in [0.3, 0.4) is 0 Å². The maximum absolute atomic E-state index is 11.7. The van der Waals surface area contributed by atoms with Crippen molar-refractivity contribution in [2.75, 3.05) is 13.7 Å². The number of nitrogens with one attached hydrogen (secondary N) is 1. The molecule has 1 rings (SSSR count). The largest absolute Gasteiger partial charge is 0.388 e. The molecule has 19 heavy (non-hydrogen) atoms. The first-order valence-corrected chi connectivity index (χ1v) is 6.47. The third kappa shape index (κ3) is 5.59. The zero-order chi connectivity index (χ0) is 14.5. The zero-order valence-corrected chi connectivity index (χ0v) is 12.2. The number of halogens is 1. The second-order valence-corrected chi connectivity index (χ2v) is 5.45. The number of carbonyl (C=O) groups excluding carboxylic acids is 1. The van der Waals surface area contributed by atoms with Crippen LogP contribution < -0.4 is 5.32 Å². The van der Waals surface area contributed by atoms with Crippen LogP contribution in [0.2, 0.25) is 5.02 Å². The minimum absolute atomic E-state index is 0.0153. The second kappa shape index (κ2) is 6.89. The fourth-order valence-corrected chi connectivity index (χ4v) is 1.56. The number of ether oxygens (including phenoxy) is 1. The molecule has 1 atom stereocenters. The number of hydrogen-bond acceptors (Lipinski definition) is 3. The van der Waals surface area contributed by atoms with Crippen LogP contribution >= 0.6 is 11.6 Å². The molecule has 0 aromatic heterocycles. The van der Waals surface area contributed by atoms with Crippen molar-refractivity contribution >= 4 is 17.5 Å². The molecule has 0 spiro atoms. The van der Waals surface area contributed by atoms with Gasteiger partial charge in [-0.1, -0.05) is 23.7 Å². The number of carbonyl (C=O) groups is 1. The van der Waals surface area contributed by atoms with E-state index in [-0.39, 0.29) is 12.3 Å². The molecule has 1 unspecified atom stereocenters. The molecule has 2 N–H and O–H groups in total. The topological polar surface area (TPSA) is 58.6 Å². The van der Waals surface area contributed by atoms with Gasteiger partial charge in [-0.25, -0.2) is 0 Å². The summed E-state index contributed by atoms with van der Waals surface area (Å²) in [7, 11) is 1.59. The second-order valence-electron chi connectivity index (χ2n) is 5.01. The quantitative estimate of drug-likeness (QED) is 0.843. The molecular formula is C14H20ClNO3. The standard InChI is InChI=1S/C14H20ClNO3/c1-14(2,19-3)9-16-13(18)8-12(17)10-4-6-11(15)7-5-10/h4-7,12,17H,8-9H2,1-3H3,(H,16,18). The van der Waals surface area contributed by atoms with E-state index in [0.717, 1.165) is 0 Å². The molecule has 0 fully saturated rings. The Morgan fingerprint density at radius 1 is 1.42 bits per heavy atom. The lowest BCUT2D eigenvalue weighted by Crippen LogP contribution is -2.40.